The zero-order valence-corrected chi connectivity index (χ0v) is 14.0. The van der Waals surface area contributed by atoms with Gasteiger partial charge in [-0.25, -0.2) is 4.98 Å². The SMILES string of the molecule is CCc1ncc(CC(=O)N2CCC(c3ccccc3)CC2)c(=O)[nH]1. The maximum Gasteiger partial charge on any atom is 0.254 e. The highest BCUT2D eigenvalue weighted by atomic mass is 16.2. The summed E-state index contributed by atoms with van der Waals surface area (Å²) >= 11 is 0. The van der Waals surface area contributed by atoms with Crippen LogP contribution in [0.2, 0.25) is 0 Å². The Hall–Kier alpha value is -2.43. The molecule has 1 aliphatic heterocycles. The summed E-state index contributed by atoms with van der Waals surface area (Å²) in [7, 11) is 0. The van der Waals surface area contributed by atoms with E-state index in [0.29, 0.717) is 23.7 Å². The lowest BCUT2D eigenvalue weighted by Gasteiger charge is -2.32. The van der Waals surface area contributed by atoms with Gasteiger partial charge in [-0.05, 0) is 24.3 Å². The minimum Gasteiger partial charge on any atom is -0.342 e. The van der Waals surface area contributed by atoms with Crippen LogP contribution in [0.1, 0.15) is 42.6 Å². The maximum absolute atomic E-state index is 12.5. The number of rotatable bonds is 4. The topological polar surface area (TPSA) is 66.1 Å². The average Bonchev–Trinajstić information content (AvgIpc) is 2.64. The lowest BCUT2D eigenvalue weighted by atomic mass is 9.89. The van der Waals surface area contributed by atoms with Crippen LogP contribution in [0.3, 0.4) is 0 Å². The number of piperidine rings is 1. The van der Waals surface area contributed by atoms with Crippen LogP contribution in [-0.4, -0.2) is 33.9 Å². The van der Waals surface area contributed by atoms with Crippen molar-refractivity contribution in [1.29, 1.82) is 0 Å². The summed E-state index contributed by atoms with van der Waals surface area (Å²) in [6.45, 7) is 3.42. The fourth-order valence-electron chi connectivity index (χ4n) is 3.23. The number of aromatic nitrogens is 2. The monoisotopic (exact) mass is 325 g/mol. The fraction of sp³-hybridized carbons (Fsp3) is 0.421. The molecule has 0 unspecified atom stereocenters. The van der Waals surface area contributed by atoms with E-state index in [4.69, 9.17) is 0 Å². The number of carbonyl (C=O) groups excluding carboxylic acids is 1. The number of aryl methyl sites for hydroxylation is 1. The number of likely N-dealkylation sites (tertiary alicyclic amines) is 1. The van der Waals surface area contributed by atoms with Crippen molar-refractivity contribution in [1.82, 2.24) is 14.9 Å². The Morgan fingerprint density at radius 2 is 1.96 bits per heavy atom. The predicted octanol–water partition coefficient (Wildman–Crippen LogP) is 2.28. The van der Waals surface area contributed by atoms with E-state index in [2.05, 4.69) is 34.2 Å². The molecule has 5 nitrogen and oxygen atoms in total. The van der Waals surface area contributed by atoms with Crippen LogP contribution in [-0.2, 0) is 17.6 Å². The Morgan fingerprint density at radius 3 is 2.58 bits per heavy atom. The highest BCUT2D eigenvalue weighted by Crippen LogP contribution is 2.27. The lowest BCUT2D eigenvalue weighted by molar-refractivity contribution is -0.131. The van der Waals surface area contributed by atoms with Gasteiger partial charge in [-0.1, -0.05) is 37.3 Å². The molecule has 24 heavy (non-hydrogen) atoms. The minimum absolute atomic E-state index is 0.0121. The average molecular weight is 325 g/mol. The first-order valence-corrected chi connectivity index (χ1v) is 8.57. The van der Waals surface area contributed by atoms with E-state index >= 15 is 0 Å². The number of carbonyl (C=O) groups is 1. The second kappa shape index (κ2) is 7.43. The highest BCUT2D eigenvalue weighted by molar-refractivity contribution is 5.78. The number of benzene rings is 1. The van der Waals surface area contributed by atoms with Gasteiger partial charge in [0.25, 0.3) is 5.56 Å². The summed E-state index contributed by atoms with van der Waals surface area (Å²) in [4.78, 5) is 33.2. The smallest absolute Gasteiger partial charge is 0.254 e. The fourth-order valence-corrected chi connectivity index (χ4v) is 3.23. The molecule has 126 valence electrons. The number of H-pyrrole nitrogens is 1. The first kappa shape index (κ1) is 16.4. The van der Waals surface area contributed by atoms with Gasteiger partial charge in [0.15, 0.2) is 0 Å². The predicted molar refractivity (Wildman–Crippen MR) is 92.9 cm³/mol. The molecule has 1 fully saturated rings. The number of nitrogens with one attached hydrogen (secondary N) is 1. The maximum atomic E-state index is 12.5. The normalized spacial score (nSPS) is 15.5. The number of amides is 1. The van der Waals surface area contributed by atoms with E-state index in [-0.39, 0.29) is 17.9 Å². The Kier molecular flexibility index (Phi) is 5.08. The number of aromatic amines is 1. The van der Waals surface area contributed by atoms with Gasteiger partial charge < -0.3 is 9.88 Å². The minimum atomic E-state index is -0.200. The van der Waals surface area contributed by atoms with E-state index in [0.717, 1.165) is 25.9 Å². The molecule has 3 rings (SSSR count). The molecule has 1 aromatic heterocycles. The van der Waals surface area contributed by atoms with Gasteiger partial charge in [-0.2, -0.15) is 0 Å². The standard InChI is InChI=1S/C19H23N3O2/c1-2-17-20-13-16(19(24)21-17)12-18(23)22-10-8-15(9-11-22)14-6-4-3-5-7-14/h3-7,13,15H,2,8-12H2,1H3,(H,20,21,24). The zero-order valence-electron chi connectivity index (χ0n) is 14.0. The molecule has 1 aliphatic rings. The lowest BCUT2D eigenvalue weighted by Crippen LogP contribution is -2.39. The molecule has 0 spiro atoms. The van der Waals surface area contributed by atoms with Crippen molar-refractivity contribution in [3.05, 3.63) is 63.8 Å². The molecule has 2 heterocycles. The summed E-state index contributed by atoms with van der Waals surface area (Å²) < 4.78 is 0. The van der Waals surface area contributed by atoms with Gasteiger partial charge in [0.2, 0.25) is 5.91 Å². The summed E-state index contributed by atoms with van der Waals surface area (Å²) in [5, 5.41) is 0. The van der Waals surface area contributed by atoms with Crippen molar-refractivity contribution in [3.63, 3.8) is 0 Å². The second-order valence-electron chi connectivity index (χ2n) is 6.28. The summed E-state index contributed by atoms with van der Waals surface area (Å²) in [6, 6.07) is 10.5. The largest absolute Gasteiger partial charge is 0.342 e. The number of nitrogens with zero attached hydrogens (tertiary/aromatic N) is 2. The van der Waals surface area contributed by atoms with Crippen LogP contribution in [0.25, 0.3) is 0 Å². The Morgan fingerprint density at radius 1 is 1.25 bits per heavy atom. The molecule has 5 heteroatoms. The van der Waals surface area contributed by atoms with Gasteiger partial charge >= 0.3 is 0 Å². The molecule has 1 amide bonds. The number of hydrogen-bond donors (Lipinski definition) is 1. The van der Waals surface area contributed by atoms with Gasteiger partial charge in [-0.3, -0.25) is 9.59 Å². The van der Waals surface area contributed by atoms with Crippen molar-refractivity contribution in [2.24, 2.45) is 0 Å². The summed E-state index contributed by atoms with van der Waals surface area (Å²) in [5.41, 5.74) is 1.59. The molecule has 0 radical (unpaired) electrons. The zero-order chi connectivity index (χ0) is 16.9. The third kappa shape index (κ3) is 3.72. The molecule has 2 aromatic rings. The van der Waals surface area contributed by atoms with Crippen LogP contribution in [0.4, 0.5) is 0 Å². The molecule has 0 aliphatic carbocycles. The van der Waals surface area contributed by atoms with Crippen LogP contribution in [0.5, 0.6) is 0 Å². The van der Waals surface area contributed by atoms with Crippen LogP contribution in [0.15, 0.2) is 41.3 Å². The Bertz CT molecular complexity index is 747. The molecule has 1 N–H and O–H groups in total. The van der Waals surface area contributed by atoms with Crippen molar-refractivity contribution in [2.45, 2.75) is 38.5 Å². The van der Waals surface area contributed by atoms with Crippen molar-refractivity contribution >= 4 is 5.91 Å². The third-order valence-electron chi connectivity index (χ3n) is 4.72. The van der Waals surface area contributed by atoms with E-state index < -0.39 is 0 Å². The van der Waals surface area contributed by atoms with Gasteiger partial charge in [0, 0.05) is 31.3 Å². The van der Waals surface area contributed by atoms with E-state index in [9.17, 15) is 9.59 Å². The molecular formula is C19H23N3O2. The Labute approximate surface area is 141 Å². The molecular weight excluding hydrogens is 302 g/mol. The van der Waals surface area contributed by atoms with Crippen molar-refractivity contribution in [2.75, 3.05) is 13.1 Å². The third-order valence-corrected chi connectivity index (χ3v) is 4.72. The Balaban J connectivity index is 1.58. The van der Waals surface area contributed by atoms with Crippen LogP contribution in [0, 0.1) is 0 Å². The van der Waals surface area contributed by atoms with E-state index in [1.165, 1.54) is 11.8 Å². The van der Waals surface area contributed by atoms with Crippen molar-refractivity contribution < 1.29 is 4.79 Å². The molecule has 0 saturated carbocycles. The van der Waals surface area contributed by atoms with Gasteiger partial charge in [0.05, 0.1) is 6.42 Å². The summed E-state index contributed by atoms with van der Waals surface area (Å²) in [5.74, 6) is 1.18. The number of hydrogen-bond acceptors (Lipinski definition) is 3. The molecule has 1 aromatic carbocycles. The summed E-state index contributed by atoms with van der Waals surface area (Å²) in [6.07, 6.45) is 4.28. The van der Waals surface area contributed by atoms with Crippen molar-refractivity contribution in [3.8, 4) is 0 Å². The second-order valence-corrected chi connectivity index (χ2v) is 6.28. The van der Waals surface area contributed by atoms with Crippen LogP contribution >= 0.6 is 0 Å². The molecule has 0 bridgehead atoms. The quantitative estimate of drug-likeness (QED) is 0.938. The molecule has 1 saturated heterocycles. The van der Waals surface area contributed by atoms with Gasteiger partial charge in [0.1, 0.15) is 5.82 Å². The first-order chi connectivity index (χ1) is 11.7. The highest BCUT2D eigenvalue weighted by Gasteiger charge is 2.24. The first-order valence-electron chi connectivity index (χ1n) is 8.57. The van der Waals surface area contributed by atoms with E-state index in [1.54, 1.807) is 0 Å². The van der Waals surface area contributed by atoms with Gasteiger partial charge in [-0.15, -0.1) is 0 Å². The molecule has 0 atom stereocenters. The van der Waals surface area contributed by atoms with E-state index in [1.807, 2.05) is 17.9 Å². The van der Waals surface area contributed by atoms with Crippen LogP contribution < -0.4 is 5.56 Å².